The van der Waals surface area contributed by atoms with Crippen molar-refractivity contribution in [2.75, 3.05) is 5.43 Å². The molecule has 17 heavy (non-hydrogen) atoms. The van der Waals surface area contributed by atoms with Crippen LogP contribution >= 0.6 is 22.6 Å². The SMILES string of the molecule is C/C(=N/Nc1ccccn1)c1ccc(I)cc1. The van der Waals surface area contributed by atoms with Crippen molar-refractivity contribution in [3.63, 3.8) is 0 Å². The number of nitrogens with one attached hydrogen (secondary N) is 1. The van der Waals surface area contributed by atoms with Gasteiger partial charge in [-0.3, -0.25) is 5.43 Å². The molecule has 1 aromatic carbocycles. The highest BCUT2D eigenvalue weighted by Gasteiger charge is 1.97. The fourth-order valence-corrected chi connectivity index (χ4v) is 1.69. The lowest BCUT2D eigenvalue weighted by Gasteiger charge is -2.02. The smallest absolute Gasteiger partial charge is 0.146 e. The molecule has 0 saturated heterocycles. The summed E-state index contributed by atoms with van der Waals surface area (Å²) >= 11 is 2.29. The molecule has 1 heterocycles. The molecule has 0 saturated carbocycles. The summed E-state index contributed by atoms with van der Waals surface area (Å²) in [7, 11) is 0. The number of halogens is 1. The number of pyridine rings is 1. The predicted molar refractivity (Wildman–Crippen MR) is 79.2 cm³/mol. The van der Waals surface area contributed by atoms with E-state index in [1.54, 1.807) is 6.20 Å². The van der Waals surface area contributed by atoms with Crippen LogP contribution in [0, 0.1) is 3.57 Å². The Bertz CT molecular complexity index is 506. The van der Waals surface area contributed by atoms with Crippen LogP contribution in [0.5, 0.6) is 0 Å². The van der Waals surface area contributed by atoms with Gasteiger partial charge in [0.05, 0.1) is 5.71 Å². The first-order chi connectivity index (χ1) is 8.25. The quantitative estimate of drug-likeness (QED) is 0.529. The van der Waals surface area contributed by atoms with Gasteiger partial charge in [0, 0.05) is 9.77 Å². The summed E-state index contributed by atoms with van der Waals surface area (Å²) < 4.78 is 1.22. The minimum absolute atomic E-state index is 0.748. The van der Waals surface area contributed by atoms with Crippen molar-refractivity contribution in [3.05, 3.63) is 57.8 Å². The Labute approximate surface area is 114 Å². The molecular formula is C13H12IN3. The molecule has 0 atom stereocenters. The highest BCUT2D eigenvalue weighted by molar-refractivity contribution is 14.1. The van der Waals surface area contributed by atoms with Gasteiger partial charge >= 0.3 is 0 Å². The van der Waals surface area contributed by atoms with E-state index >= 15 is 0 Å². The van der Waals surface area contributed by atoms with E-state index in [-0.39, 0.29) is 0 Å². The van der Waals surface area contributed by atoms with Gasteiger partial charge in [-0.25, -0.2) is 4.98 Å². The van der Waals surface area contributed by atoms with Crippen LogP contribution < -0.4 is 5.43 Å². The Morgan fingerprint density at radius 1 is 1.18 bits per heavy atom. The van der Waals surface area contributed by atoms with E-state index in [9.17, 15) is 0 Å². The molecule has 1 aromatic heterocycles. The summed E-state index contributed by atoms with van der Waals surface area (Å²) in [6, 6.07) is 13.9. The fourth-order valence-electron chi connectivity index (χ4n) is 1.33. The first-order valence-electron chi connectivity index (χ1n) is 5.23. The molecule has 0 aliphatic heterocycles. The predicted octanol–water partition coefficient (Wildman–Crippen LogP) is 3.52. The number of aromatic nitrogens is 1. The number of hydrogen-bond donors (Lipinski definition) is 1. The van der Waals surface area contributed by atoms with Gasteiger partial charge in [0.1, 0.15) is 5.82 Å². The third-order valence-electron chi connectivity index (χ3n) is 2.27. The number of benzene rings is 1. The highest BCUT2D eigenvalue weighted by atomic mass is 127. The molecular weight excluding hydrogens is 325 g/mol. The maximum Gasteiger partial charge on any atom is 0.146 e. The molecule has 0 unspecified atom stereocenters. The van der Waals surface area contributed by atoms with Crippen LogP contribution in [0.1, 0.15) is 12.5 Å². The van der Waals surface area contributed by atoms with Crippen molar-refractivity contribution in [2.45, 2.75) is 6.92 Å². The number of nitrogens with zero attached hydrogens (tertiary/aromatic N) is 2. The topological polar surface area (TPSA) is 37.3 Å². The molecule has 0 aliphatic carbocycles. The van der Waals surface area contributed by atoms with Crippen LogP contribution in [0.25, 0.3) is 0 Å². The third kappa shape index (κ3) is 3.52. The monoisotopic (exact) mass is 337 g/mol. The standard InChI is InChI=1S/C13H12IN3/c1-10(11-5-7-12(14)8-6-11)16-17-13-4-2-3-9-15-13/h2-9H,1H3,(H,15,17)/b16-10-. The van der Waals surface area contributed by atoms with E-state index in [4.69, 9.17) is 0 Å². The second-order valence-corrected chi connectivity index (χ2v) is 4.78. The minimum atomic E-state index is 0.748. The van der Waals surface area contributed by atoms with E-state index in [0.717, 1.165) is 17.1 Å². The van der Waals surface area contributed by atoms with E-state index in [2.05, 4.69) is 62.4 Å². The maximum atomic E-state index is 4.30. The zero-order valence-corrected chi connectivity index (χ0v) is 11.5. The lowest BCUT2D eigenvalue weighted by Crippen LogP contribution is -2.00. The Hall–Kier alpha value is -1.43. The summed E-state index contributed by atoms with van der Waals surface area (Å²) in [5.41, 5.74) is 4.97. The van der Waals surface area contributed by atoms with Crippen LogP contribution in [-0.2, 0) is 0 Å². The summed E-state index contributed by atoms with van der Waals surface area (Å²) in [4.78, 5) is 4.14. The molecule has 0 fully saturated rings. The average Bonchev–Trinajstić information content (AvgIpc) is 2.38. The second-order valence-electron chi connectivity index (χ2n) is 3.53. The Kier molecular flexibility index (Phi) is 4.08. The Balaban J connectivity index is 2.10. The molecule has 2 rings (SSSR count). The van der Waals surface area contributed by atoms with E-state index in [0.29, 0.717) is 0 Å². The normalized spacial score (nSPS) is 11.3. The van der Waals surface area contributed by atoms with Crippen LogP contribution in [0.4, 0.5) is 5.82 Å². The largest absolute Gasteiger partial charge is 0.261 e. The molecule has 4 heteroatoms. The van der Waals surface area contributed by atoms with Crippen molar-refractivity contribution < 1.29 is 0 Å². The van der Waals surface area contributed by atoms with Gasteiger partial charge in [0.15, 0.2) is 0 Å². The van der Waals surface area contributed by atoms with Gasteiger partial charge in [-0.2, -0.15) is 5.10 Å². The van der Waals surface area contributed by atoms with Crippen molar-refractivity contribution in [3.8, 4) is 0 Å². The molecule has 0 aliphatic rings. The zero-order valence-electron chi connectivity index (χ0n) is 9.39. The first kappa shape index (κ1) is 12.0. The van der Waals surface area contributed by atoms with Crippen LogP contribution in [0.3, 0.4) is 0 Å². The molecule has 3 nitrogen and oxygen atoms in total. The number of hydrazone groups is 1. The number of rotatable bonds is 3. The molecule has 1 N–H and O–H groups in total. The number of anilines is 1. The van der Waals surface area contributed by atoms with Crippen LogP contribution in [0.2, 0.25) is 0 Å². The fraction of sp³-hybridized carbons (Fsp3) is 0.0769. The Morgan fingerprint density at radius 3 is 2.59 bits per heavy atom. The van der Waals surface area contributed by atoms with E-state index in [1.165, 1.54) is 3.57 Å². The molecule has 86 valence electrons. The minimum Gasteiger partial charge on any atom is -0.261 e. The number of hydrogen-bond acceptors (Lipinski definition) is 3. The lowest BCUT2D eigenvalue weighted by atomic mass is 10.1. The van der Waals surface area contributed by atoms with Crippen LogP contribution in [-0.4, -0.2) is 10.7 Å². The van der Waals surface area contributed by atoms with Crippen molar-refractivity contribution >= 4 is 34.1 Å². The Morgan fingerprint density at radius 2 is 1.94 bits per heavy atom. The molecule has 2 aromatic rings. The van der Waals surface area contributed by atoms with Crippen molar-refractivity contribution in [2.24, 2.45) is 5.10 Å². The van der Waals surface area contributed by atoms with Crippen molar-refractivity contribution in [1.29, 1.82) is 0 Å². The van der Waals surface area contributed by atoms with Gasteiger partial charge in [-0.15, -0.1) is 0 Å². The van der Waals surface area contributed by atoms with Crippen LogP contribution in [0.15, 0.2) is 53.8 Å². The lowest BCUT2D eigenvalue weighted by molar-refractivity contribution is 1.22. The highest BCUT2D eigenvalue weighted by Crippen LogP contribution is 2.08. The maximum absolute atomic E-state index is 4.30. The molecule has 0 amide bonds. The molecule has 0 radical (unpaired) electrons. The first-order valence-corrected chi connectivity index (χ1v) is 6.31. The zero-order chi connectivity index (χ0) is 12.1. The van der Waals surface area contributed by atoms with Gasteiger partial charge in [0.25, 0.3) is 0 Å². The van der Waals surface area contributed by atoms with Gasteiger partial charge in [-0.1, -0.05) is 18.2 Å². The average molecular weight is 337 g/mol. The van der Waals surface area contributed by atoms with Gasteiger partial charge in [0.2, 0.25) is 0 Å². The molecule has 0 spiro atoms. The summed E-state index contributed by atoms with van der Waals surface area (Å²) in [6.45, 7) is 1.97. The van der Waals surface area contributed by atoms with E-state index < -0.39 is 0 Å². The van der Waals surface area contributed by atoms with Gasteiger partial charge < -0.3 is 0 Å². The third-order valence-corrected chi connectivity index (χ3v) is 2.98. The summed E-state index contributed by atoms with van der Waals surface area (Å²) in [6.07, 6.45) is 1.73. The van der Waals surface area contributed by atoms with Gasteiger partial charge in [-0.05, 0) is 59.3 Å². The summed E-state index contributed by atoms with van der Waals surface area (Å²) in [5, 5.41) is 4.30. The molecule has 0 bridgehead atoms. The summed E-state index contributed by atoms with van der Waals surface area (Å²) in [5.74, 6) is 0.748. The van der Waals surface area contributed by atoms with Crippen molar-refractivity contribution in [1.82, 2.24) is 4.98 Å². The van der Waals surface area contributed by atoms with E-state index in [1.807, 2.05) is 25.1 Å². The second kappa shape index (κ2) is 5.77.